The lowest BCUT2D eigenvalue weighted by molar-refractivity contribution is -0.137. The van der Waals surface area contributed by atoms with Crippen LogP contribution in [0.3, 0.4) is 0 Å². The summed E-state index contributed by atoms with van der Waals surface area (Å²) in [5.74, 6) is 0.766. The highest BCUT2D eigenvalue weighted by molar-refractivity contribution is 5.79. The maximum atomic E-state index is 12.7. The molecule has 20 heavy (non-hydrogen) atoms. The van der Waals surface area contributed by atoms with Gasteiger partial charge in [0.2, 0.25) is 5.91 Å². The van der Waals surface area contributed by atoms with Crippen LogP contribution in [0.25, 0.3) is 0 Å². The fourth-order valence-corrected chi connectivity index (χ4v) is 3.22. The molecule has 3 heteroatoms. The van der Waals surface area contributed by atoms with E-state index < -0.39 is 0 Å². The molecule has 0 aliphatic heterocycles. The third-order valence-corrected chi connectivity index (χ3v) is 4.57. The second-order valence-electron chi connectivity index (χ2n) is 6.01. The Labute approximate surface area is 122 Å². The molecular weight excluding hydrogens is 248 g/mol. The molecule has 3 nitrogen and oxygen atoms in total. The quantitative estimate of drug-likeness (QED) is 0.917. The van der Waals surface area contributed by atoms with Gasteiger partial charge in [-0.05, 0) is 43.4 Å². The number of carbonyl (C=O) groups excluding carboxylic acids is 1. The summed E-state index contributed by atoms with van der Waals surface area (Å²) in [6, 6.07) is 8.26. The molecule has 0 radical (unpaired) electrons. The molecule has 1 aromatic rings. The Morgan fingerprint density at radius 3 is 2.70 bits per heavy atom. The van der Waals surface area contributed by atoms with Crippen molar-refractivity contribution in [3.05, 3.63) is 35.4 Å². The highest BCUT2D eigenvalue weighted by atomic mass is 16.2. The zero-order chi connectivity index (χ0) is 14.5. The van der Waals surface area contributed by atoms with Crippen LogP contribution in [0.1, 0.15) is 36.8 Å². The van der Waals surface area contributed by atoms with E-state index in [1.807, 2.05) is 24.1 Å². The molecule has 2 atom stereocenters. The molecule has 2 rings (SSSR count). The summed E-state index contributed by atoms with van der Waals surface area (Å²) in [6.45, 7) is 3.42. The zero-order valence-corrected chi connectivity index (χ0v) is 12.6. The van der Waals surface area contributed by atoms with E-state index in [0.717, 1.165) is 19.3 Å². The van der Waals surface area contributed by atoms with Crippen LogP contribution in [0.15, 0.2) is 24.3 Å². The highest BCUT2D eigenvalue weighted by Crippen LogP contribution is 2.31. The van der Waals surface area contributed by atoms with Gasteiger partial charge in [0.05, 0.1) is 0 Å². The van der Waals surface area contributed by atoms with Crippen molar-refractivity contribution in [2.45, 2.75) is 39.2 Å². The highest BCUT2D eigenvalue weighted by Gasteiger charge is 2.31. The third kappa shape index (κ3) is 3.40. The molecule has 0 spiro atoms. The Morgan fingerprint density at radius 1 is 1.30 bits per heavy atom. The van der Waals surface area contributed by atoms with Crippen molar-refractivity contribution in [3.63, 3.8) is 0 Å². The molecule has 1 amide bonds. The van der Waals surface area contributed by atoms with Gasteiger partial charge in [-0.15, -0.1) is 0 Å². The molecule has 1 aliphatic rings. The van der Waals surface area contributed by atoms with E-state index in [-0.39, 0.29) is 11.8 Å². The molecule has 110 valence electrons. The maximum absolute atomic E-state index is 12.7. The monoisotopic (exact) mass is 274 g/mol. The fraction of sp³-hybridized carbons (Fsp3) is 0.588. The molecule has 1 aliphatic carbocycles. The first-order valence-electron chi connectivity index (χ1n) is 7.63. The summed E-state index contributed by atoms with van der Waals surface area (Å²) in [5.41, 5.74) is 8.30. The SMILES string of the molecule is Cc1ccccc1CN(C)C(=O)C1CCCCC1CN. The van der Waals surface area contributed by atoms with Gasteiger partial charge >= 0.3 is 0 Å². The van der Waals surface area contributed by atoms with Crippen LogP contribution in [0, 0.1) is 18.8 Å². The van der Waals surface area contributed by atoms with E-state index in [0.29, 0.717) is 19.0 Å². The van der Waals surface area contributed by atoms with Crippen LogP contribution in [0.2, 0.25) is 0 Å². The van der Waals surface area contributed by atoms with Gasteiger partial charge in [0.25, 0.3) is 0 Å². The van der Waals surface area contributed by atoms with Gasteiger partial charge in [0, 0.05) is 19.5 Å². The van der Waals surface area contributed by atoms with Gasteiger partial charge in [-0.25, -0.2) is 0 Å². The number of benzene rings is 1. The summed E-state index contributed by atoms with van der Waals surface area (Å²) < 4.78 is 0. The van der Waals surface area contributed by atoms with Crippen LogP contribution in [0.5, 0.6) is 0 Å². The standard InChI is InChI=1S/C17H26N2O/c1-13-7-3-4-9-15(13)12-19(2)17(20)16-10-6-5-8-14(16)11-18/h3-4,7,9,14,16H,5-6,8,10-12,18H2,1-2H3. The second kappa shape index (κ2) is 6.89. The van der Waals surface area contributed by atoms with Crippen molar-refractivity contribution in [1.82, 2.24) is 4.90 Å². The first-order chi connectivity index (χ1) is 9.63. The first kappa shape index (κ1) is 15.0. The van der Waals surface area contributed by atoms with E-state index >= 15 is 0 Å². The zero-order valence-electron chi connectivity index (χ0n) is 12.6. The Morgan fingerprint density at radius 2 is 2.00 bits per heavy atom. The topological polar surface area (TPSA) is 46.3 Å². The van der Waals surface area contributed by atoms with Crippen LogP contribution in [-0.2, 0) is 11.3 Å². The molecular formula is C17H26N2O. The number of carbonyl (C=O) groups is 1. The molecule has 1 saturated carbocycles. The van der Waals surface area contributed by atoms with E-state index in [1.54, 1.807) is 0 Å². The van der Waals surface area contributed by atoms with Gasteiger partial charge < -0.3 is 10.6 Å². The van der Waals surface area contributed by atoms with Gasteiger partial charge in [0.1, 0.15) is 0 Å². The van der Waals surface area contributed by atoms with Crippen molar-refractivity contribution in [2.24, 2.45) is 17.6 Å². The van der Waals surface area contributed by atoms with Crippen LogP contribution < -0.4 is 5.73 Å². The number of hydrogen-bond donors (Lipinski definition) is 1. The summed E-state index contributed by atoms with van der Waals surface area (Å²) >= 11 is 0. The van der Waals surface area contributed by atoms with E-state index in [2.05, 4.69) is 19.1 Å². The van der Waals surface area contributed by atoms with E-state index in [1.165, 1.54) is 17.5 Å². The summed E-state index contributed by atoms with van der Waals surface area (Å²) in [6.07, 6.45) is 4.47. The maximum Gasteiger partial charge on any atom is 0.226 e. The number of aryl methyl sites for hydroxylation is 1. The fourth-order valence-electron chi connectivity index (χ4n) is 3.22. The Kier molecular flexibility index (Phi) is 5.18. The predicted octanol–water partition coefficient (Wildman–Crippen LogP) is 2.72. The normalized spacial score (nSPS) is 22.6. The van der Waals surface area contributed by atoms with Gasteiger partial charge in [-0.2, -0.15) is 0 Å². The van der Waals surface area contributed by atoms with Gasteiger partial charge in [-0.1, -0.05) is 37.1 Å². The van der Waals surface area contributed by atoms with Crippen molar-refractivity contribution in [1.29, 1.82) is 0 Å². The van der Waals surface area contributed by atoms with Crippen molar-refractivity contribution >= 4 is 5.91 Å². The Bertz CT molecular complexity index is 458. The van der Waals surface area contributed by atoms with Crippen molar-refractivity contribution < 1.29 is 4.79 Å². The smallest absolute Gasteiger partial charge is 0.226 e. The molecule has 0 heterocycles. The number of rotatable bonds is 4. The molecule has 1 fully saturated rings. The van der Waals surface area contributed by atoms with Crippen LogP contribution >= 0.6 is 0 Å². The molecule has 2 N–H and O–H groups in total. The lowest BCUT2D eigenvalue weighted by Gasteiger charge is -2.32. The Hall–Kier alpha value is -1.35. The van der Waals surface area contributed by atoms with Crippen molar-refractivity contribution in [3.8, 4) is 0 Å². The summed E-state index contributed by atoms with van der Waals surface area (Å²) in [7, 11) is 1.91. The average molecular weight is 274 g/mol. The van der Waals surface area contributed by atoms with Crippen molar-refractivity contribution in [2.75, 3.05) is 13.6 Å². The van der Waals surface area contributed by atoms with Crippen LogP contribution in [-0.4, -0.2) is 24.4 Å². The molecule has 0 aromatic heterocycles. The minimum atomic E-state index is 0.128. The minimum Gasteiger partial charge on any atom is -0.341 e. The molecule has 0 bridgehead atoms. The lowest BCUT2D eigenvalue weighted by atomic mass is 9.78. The molecule has 2 unspecified atom stereocenters. The summed E-state index contributed by atoms with van der Waals surface area (Å²) in [4.78, 5) is 14.5. The van der Waals surface area contributed by atoms with Gasteiger partial charge in [-0.3, -0.25) is 4.79 Å². The number of nitrogens with two attached hydrogens (primary N) is 1. The minimum absolute atomic E-state index is 0.128. The number of nitrogens with zero attached hydrogens (tertiary/aromatic N) is 1. The van der Waals surface area contributed by atoms with E-state index in [4.69, 9.17) is 5.73 Å². The van der Waals surface area contributed by atoms with Crippen LogP contribution in [0.4, 0.5) is 0 Å². The largest absolute Gasteiger partial charge is 0.341 e. The Balaban J connectivity index is 2.03. The third-order valence-electron chi connectivity index (χ3n) is 4.57. The molecule has 1 aromatic carbocycles. The van der Waals surface area contributed by atoms with Gasteiger partial charge in [0.15, 0.2) is 0 Å². The number of amides is 1. The lowest BCUT2D eigenvalue weighted by Crippen LogP contribution is -2.40. The predicted molar refractivity (Wildman–Crippen MR) is 82.2 cm³/mol. The number of hydrogen-bond acceptors (Lipinski definition) is 2. The first-order valence-corrected chi connectivity index (χ1v) is 7.63. The average Bonchev–Trinajstić information content (AvgIpc) is 2.48. The van der Waals surface area contributed by atoms with E-state index in [9.17, 15) is 4.79 Å². The second-order valence-corrected chi connectivity index (χ2v) is 6.01. The molecule has 0 saturated heterocycles. The summed E-state index contributed by atoms with van der Waals surface area (Å²) in [5, 5.41) is 0.